The fourth-order valence-corrected chi connectivity index (χ4v) is 4.22. The molecule has 1 fully saturated rings. The van der Waals surface area contributed by atoms with Crippen molar-refractivity contribution < 1.29 is 24.2 Å². The molecule has 8 nitrogen and oxygen atoms in total. The third-order valence-corrected chi connectivity index (χ3v) is 5.85. The zero-order valence-electron chi connectivity index (χ0n) is 16.7. The number of thioether (sulfide) groups is 1. The highest BCUT2D eigenvalue weighted by Gasteiger charge is 2.30. The fraction of sp³-hybridized carbons (Fsp3) is 0.300. The second kappa shape index (κ2) is 9.77. The molecule has 0 atom stereocenters. The summed E-state index contributed by atoms with van der Waals surface area (Å²) in [5, 5.41) is 11.8. The second-order valence-corrected chi connectivity index (χ2v) is 8.12. The summed E-state index contributed by atoms with van der Waals surface area (Å²) in [6.07, 6.45) is 1.66. The second-order valence-electron chi connectivity index (χ2n) is 6.27. The molecule has 0 bridgehead atoms. The first-order valence-corrected chi connectivity index (χ1v) is 10.9. The van der Waals surface area contributed by atoms with Crippen LogP contribution in [-0.2, 0) is 9.59 Å². The normalized spacial score (nSPS) is 16.5. The van der Waals surface area contributed by atoms with Crippen LogP contribution in [0.5, 0.6) is 11.5 Å². The number of carboxylic acid groups (broad SMARTS) is 1. The van der Waals surface area contributed by atoms with Gasteiger partial charge in [-0.1, -0.05) is 6.07 Å². The van der Waals surface area contributed by atoms with Gasteiger partial charge in [-0.3, -0.25) is 14.5 Å². The Kier molecular flexibility index (Phi) is 7.11. The van der Waals surface area contributed by atoms with Crippen LogP contribution in [0, 0.1) is 6.92 Å². The van der Waals surface area contributed by atoms with E-state index in [4.69, 9.17) is 14.6 Å². The lowest BCUT2D eigenvalue weighted by molar-refractivity contribution is -0.137. The highest BCUT2D eigenvalue weighted by atomic mass is 32.2. The maximum atomic E-state index is 12.6. The van der Waals surface area contributed by atoms with E-state index in [1.807, 2.05) is 19.2 Å². The summed E-state index contributed by atoms with van der Waals surface area (Å²) in [5.41, 5.74) is 1.65. The van der Waals surface area contributed by atoms with Crippen LogP contribution in [-0.4, -0.2) is 52.3 Å². The summed E-state index contributed by atoms with van der Waals surface area (Å²) in [6.45, 7) is 4.22. The van der Waals surface area contributed by atoms with Gasteiger partial charge in [0.15, 0.2) is 16.7 Å². The summed E-state index contributed by atoms with van der Waals surface area (Å²) in [7, 11) is 1.68. The number of hydrogen-bond acceptors (Lipinski definition) is 8. The minimum Gasteiger partial charge on any atom is -0.490 e. The summed E-state index contributed by atoms with van der Waals surface area (Å²) in [5.74, 6) is -0.121. The highest BCUT2D eigenvalue weighted by Crippen LogP contribution is 2.35. The molecular formula is C20H21N3O5S2. The first-order chi connectivity index (χ1) is 14.4. The molecule has 1 amide bonds. The molecule has 1 aliphatic rings. The molecule has 1 saturated heterocycles. The van der Waals surface area contributed by atoms with Crippen molar-refractivity contribution in [3.8, 4) is 11.5 Å². The molecule has 2 heterocycles. The zero-order chi connectivity index (χ0) is 21.7. The number of hydrogen-bond donors (Lipinski definition) is 1. The van der Waals surface area contributed by atoms with Crippen LogP contribution in [0.3, 0.4) is 0 Å². The number of ether oxygens (including phenoxy) is 2. The zero-order valence-corrected chi connectivity index (χ0v) is 18.4. The number of aromatic nitrogens is 1. The van der Waals surface area contributed by atoms with Gasteiger partial charge < -0.3 is 14.6 Å². The van der Waals surface area contributed by atoms with Gasteiger partial charge in [0.1, 0.15) is 0 Å². The van der Waals surface area contributed by atoms with Crippen LogP contribution in [0.2, 0.25) is 0 Å². The van der Waals surface area contributed by atoms with E-state index < -0.39 is 5.97 Å². The molecule has 30 heavy (non-hydrogen) atoms. The smallest absolute Gasteiger partial charge is 0.306 e. The number of carboxylic acids is 1. The van der Waals surface area contributed by atoms with Crippen molar-refractivity contribution in [3.63, 3.8) is 0 Å². The number of aliphatic imine (C=N–C) groups is 1. The lowest BCUT2D eigenvalue weighted by Crippen LogP contribution is -2.23. The van der Waals surface area contributed by atoms with Crippen LogP contribution >= 0.6 is 23.1 Å². The van der Waals surface area contributed by atoms with Gasteiger partial charge in [-0.2, -0.15) is 4.99 Å². The Hall–Kier alpha value is -2.85. The number of benzene rings is 1. The molecular weight excluding hydrogens is 426 g/mol. The Morgan fingerprint density at radius 1 is 1.33 bits per heavy atom. The Balaban J connectivity index is 1.81. The Labute approximate surface area is 182 Å². The van der Waals surface area contributed by atoms with Gasteiger partial charge in [0.05, 0.1) is 30.2 Å². The maximum Gasteiger partial charge on any atom is 0.306 e. The Morgan fingerprint density at radius 2 is 2.13 bits per heavy atom. The van der Waals surface area contributed by atoms with Crippen molar-refractivity contribution in [2.75, 3.05) is 20.3 Å². The molecule has 0 unspecified atom stereocenters. The van der Waals surface area contributed by atoms with Crippen molar-refractivity contribution in [1.82, 2.24) is 9.88 Å². The molecule has 1 N–H and O–H groups in total. The Bertz CT molecular complexity index is 1020. The predicted octanol–water partition coefficient (Wildman–Crippen LogP) is 3.94. The number of aryl methyl sites for hydroxylation is 1. The van der Waals surface area contributed by atoms with Crippen LogP contribution in [0.25, 0.3) is 6.08 Å². The van der Waals surface area contributed by atoms with E-state index >= 15 is 0 Å². The molecule has 1 aliphatic heterocycles. The van der Waals surface area contributed by atoms with Crippen LogP contribution in [0.1, 0.15) is 24.6 Å². The van der Waals surface area contributed by atoms with Gasteiger partial charge >= 0.3 is 5.97 Å². The van der Waals surface area contributed by atoms with Gasteiger partial charge in [0.25, 0.3) is 5.91 Å². The van der Waals surface area contributed by atoms with E-state index in [0.29, 0.717) is 33.3 Å². The molecule has 2 aromatic rings. The third kappa shape index (κ3) is 5.39. The van der Waals surface area contributed by atoms with Gasteiger partial charge in [-0.25, -0.2) is 4.98 Å². The van der Waals surface area contributed by atoms with E-state index in [9.17, 15) is 9.59 Å². The van der Waals surface area contributed by atoms with Gasteiger partial charge in [-0.15, -0.1) is 11.3 Å². The summed E-state index contributed by atoms with van der Waals surface area (Å²) >= 11 is 2.71. The lowest BCUT2D eigenvalue weighted by atomic mass is 10.2. The van der Waals surface area contributed by atoms with E-state index in [1.165, 1.54) is 28.0 Å². The monoisotopic (exact) mass is 447 g/mol. The molecule has 10 heteroatoms. The average molecular weight is 448 g/mol. The number of amides is 1. The summed E-state index contributed by atoms with van der Waals surface area (Å²) in [6, 6.07) is 5.26. The van der Waals surface area contributed by atoms with Gasteiger partial charge in [0, 0.05) is 12.4 Å². The van der Waals surface area contributed by atoms with Crippen molar-refractivity contribution in [2.45, 2.75) is 20.3 Å². The number of aliphatic carboxylic acids is 1. The van der Waals surface area contributed by atoms with E-state index in [2.05, 4.69) is 9.98 Å². The minimum absolute atomic E-state index is 0.0467. The average Bonchev–Trinajstić information content (AvgIpc) is 3.22. The quantitative estimate of drug-likeness (QED) is 0.612. The SMILES string of the molecule is CCOc1cc(/C=C2/S/C(=N/c3nc(C)cs3)N(C)C2=O)ccc1OCCC(=O)O. The largest absolute Gasteiger partial charge is 0.490 e. The molecule has 1 aromatic carbocycles. The number of likely N-dealkylation sites (N-methyl/N-ethyl adjacent to an activating group) is 1. The number of carbonyl (C=O) groups is 2. The van der Waals surface area contributed by atoms with E-state index in [1.54, 1.807) is 31.3 Å². The fourth-order valence-electron chi connectivity index (χ4n) is 2.53. The molecule has 0 radical (unpaired) electrons. The topological polar surface area (TPSA) is 101 Å². The molecule has 1 aromatic heterocycles. The molecule has 158 valence electrons. The summed E-state index contributed by atoms with van der Waals surface area (Å²) in [4.78, 5) is 34.1. The molecule has 0 aliphatic carbocycles. The number of rotatable bonds is 8. The number of carbonyl (C=O) groups excluding carboxylic acids is 1. The van der Waals surface area contributed by atoms with Gasteiger partial charge in [-0.05, 0) is 49.4 Å². The van der Waals surface area contributed by atoms with Crippen LogP contribution < -0.4 is 9.47 Å². The van der Waals surface area contributed by atoms with Gasteiger partial charge in [0.2, 0.25) is 5.13 Å². The number of nitrogens with zero attached hydrogens (tertiary/aromatic N) is 3. The molecule has 0 saturated carbocycles. The molecule has 3 rings (SSSR count). The number of thiazole rings is 1. The predicted molar refractivity (Wildman–Crippen MR) is 118 cm³/mol. The van der Waals surface area contributed by atoms with Crippen molar-refractivity contribution >= 4 is 51.4 Å². The minimum atomic E-state index is -0.930. The number of amidine groups is 1. The van der Waals surface area contributed by atoms with E-state index in [0.717, 1.165) is 11.3 Å². The third-order valence-electron chi connectivity index (χ3n) is 3.94. The highest BCUT2D eigenvalue weighted by molar-refractivity contribution is 8.18. The van der Waals surface area contributed by atoms with Crippen molar-refractivity contribution in [2.24, 2.45) is 4.99 Å². The Morgan fingerprint density at radius 3 is 2.80 bits per heavy atom. The maximum absolute atomic E-state index is 12.6. The van der Waals surface area contributed by atoms with Crippen molar-refractivity contribution in [1.29, 1.82) is 0 Å². The lowest BCUT2D eigenvalue weighted by Gasteiger charge is -2.12. The van der Waals surface area contributed by atoms with Crippen LogP contribution in [0.4, 0.5) is 5.13 Å². The first kappa shape index (κ1) is 21.8. The standard InChI is InChI=1S/C20H21N3O5S2/c1-4-27-15-9-13(5-6-14(15)28-8-7-17(24)25)10-16-18(26)23(3)20(30-16)22-19-21-12(2)11-29-19/h5-6,9-11H,4,7-8H2,1-3H3,(H,24,25)/b16-10+,22-20+. The van der Waals surface area contributed by atoms with Crippen LogP contribution in [0.15, 0.2) is 33.5 Å². The first-order valence-electron chi connectivity index (χ1n) is 9.17. The van der Waals surface area contributed by atoms with Crippen molar-refractivity contribution in [3.05, 3.63) is 39.7 Å². The molecule has 0 spiro atoms. The van der Waals surface area contributed by atoms with E-state index in [-0.39, 0.29) is 18.9 Å². The summed E-state index contributed by atoms with van der Waals surface area (Å²) < 4.78 is 11.1.